The van der Waals surface area contributed by atoms with Crippen LogP contribution in [0.15, 0.2) is 394 Å². The minimum Gasteiger partial charge on any atom is -0.456 e. The molecule has 5 heteroatoms. The topological polar surface area (TPSA) is 19.6 Å². The molecule has 3 nitrogen and oxygen atoms in total. The lowest BCUT2D eigenvalue weighted by atomic mass is 9.67. The Bertz CT molecular complexity index is 5900. The number of furan rings is 1. The van der Waals surface area contributed by atoms with E-state index in [1.165, 1.54) is 0 Å². The summed E-state index contributed by atoms with van der Waals surface area (Å²) in [7, 11) is 0. The van der Waals surface area contributed by atoms with Crippen LogP contribution in [-0.2, 0) is 10.8 Å². The summed E-state index contributed by atoms with van der Waals surface area (Å²) in [6.45, 7) is 8.20. The first-order valence-corrected chi connectivity index (χ1v) is 36.3. The standard InChI is InChI=1S/C102H68F2N2O/c1-3-67-29-37-77(38-30-67)101(79-41-45-81(103)46-42-79)95-27-13-11-25-89(95)91-57-53-85(63-97(91)101)105(83-49-33-71(34-50-83)75-23-15-21-73(61-75)69-17-7-5-8-18-69)87-55-59-93-94-60-56-88(66-100(94)107-99(93)65-87)106(84-51-35-72(36-52-84)76-24-16-22-74(62-76)70-19-9-6-10-20-70)86-54-58-92-90-26-12-14-28-96(90)102(98(92)64-86,80-43-47-82(104)48-44-80)78-39-31-68(4-2)32-40-78/h3-66H,1-2H2. The average Bonchev–Trinajstić information content (AvgIpc) is 1.55. The fraction of sp³-hybridized carbons (Fsp3) is 0.0196. The number of fused-ring (bicyclic) bond motifs is 9. The molecule has 0 N–H and O–H groups in total. The van der Waals surface area contributed by atoms with Crippen molar-refractivity contribution in [3.05, 3.63) is 457 Å². The van der Waals surface area contributed by atoms with Crippen molar-refractivity contribution in [2.75, 3.05) is 9.80 Å². The second-order valence-corrected chi connectivity index (χ2v) is 27.8. The SMILES string of the molecule is C=Cc1ccc(C2(c3ccc(F)cc3)c3ccccc3-c3ccc(N(c4ccc(-c5cccc(-c6ccccc6)c5)cc4)c4ccc5c(c4)oc4cc(N(c6ccc(-c7cccc(-c8ccccc8)c7)cc6)c6ccc7c(c6)C(c6ccc(F)cc6)(c6ccc(C=C)cc6)c6ccccc6-7)ccc45)cc32)cc1. The van der Waals surface area contributed by atoms with E-state index in [1.54, 1.807) is 24.3 Å². The first-order valence-electron chi connectivity index (χ1n) is 36.3. The predicted molar refractivity (Wildman–Crippen MR) is 440 cm³/mol. The van der Waals surface area contributed by atoms with Gasteiger partial charge in [0.15, 0.2) is 0 Å². The van der Waals surface area contributed by atoms with E-state index in [2.05, 4.69) is 351 Å². The van der Waals surface area contributed by atoms with Gasteiger partial charge in [0.1, 0.15) is 22.8 Å². The van der Waals surface area contributed by atoms with Gasteiger partial charge in [-0.1, -0.05) is 280 Å². The van der Waals surface area contributed by atoms with Gasteiger partial charge in [0.25, 0.3) is 0 Å². The molecule has 19 rings (SSSR count). The number of benzene rings is 16. The average molecular weight is 1380 g/mol. The molecule has 17 aromatic rings. The summed E-state index contributed by atoms with van der Waals surface area (Å²) in [5.41, 5.74) is 29.3. The Morgan fingerprint density at radius 1 is 0.243 bits per heavy atom. The Hall–Kier alpha value is -13.7. The maximum atomic E-state index is 15.2. The molecule has 0 saturated carbocycles. The summed E-state index contributed by atoms with van der Waals surface area (Å²) in [5.74, 6) is -0.588. The number of nitrogens with zero attached hydrogens (tertiary/aromatic N) is 2. The van der Waals surface area contributed by atoms with Gasteiger partial charge in [-0.05, 0) is 232 Å². The molecule has 0 amide bonds. The van der Waals surface area contributed by atoms with Crippen LogP contribution in [0.4, 0.5) is 42.9 Å². The number of hydrogen-bond acceptors (Lipinski definition) is 3. The Kier molecular flexibility index (Phi) is 15.7. The maximum Gasteiger partial charge on any atom is 0.137 e. The largest absolute Gasteiger partial charge is 0.456 e. The second-order valence-electron chi connectivity index (χ2n) is 27.8. The highest BCUT2D eigenvalue weighted by atomic mass is 19.1. The van der Waals surface area contributed by atoms with Crippen molar-refractivity contribution in [3.63, 3.8) is 0 Å². The van der Waals surface area contributed by atoms with E-state index >= 15 is 8.78 Å². The molecule has 0 radical (unpaired) electrons. The molecule has 107 heavy (non-hydrogen) atoms. The summed E-state index contributed by atoms with van der Waals surface area (Å²) < 4.78 is 37.8. The third-order valence-corrected chi connectivity index (χ3v) is 22.1. The van der Waals surface area contributed by atoms with E-state index in [9.17, 15) is 0 Å². The molecule has 2 aliphatic carbocycles. The van der Waals surface area contributed by atoms with Crippen molar-refractivity contribution >= 4 is 68.2 Å². The molecule has 1 heterocycles. The molecule has 506 valence electrons. The molecule has 0 fully saturated rings. The van der Waals surface area contributed by atoms with Crippen LogP contribution in [0.5, 0.6) is 0 Å². The van der Waals surface area contributed by atoms with E-state index in [4.69, 9.17) is 4.42 Å². The number of anilines is 6. The fourth-order valence-electron chi connectivity index (χ4n) is 17.1. The van der Waals surface area contributed by atoms with Gasteiger partial charge in [0, 0.05) is 57.0 Å². The first-order chi connectivity index (χ1) is 52.7. The third-order valence-electron chi connectivity index (χ3n) is 22.1. The van der Waals surface area contributed by atoms with Crippen LogP contribution in [0.3, 0.4) is 0 Å². The van der Waals surface area contributed by atoms with E-state index in [0.717, 1.165) is 178 Å². The fourth-order valence-corrected chi connectivity index (χ4v) is 17.1. The smallest absolute Gasteiger partial charge is 0.137 e. The zero-order chi connectivity index (χ0) is 71.7. The number of hydrogen-bond donors (Lipinski definition) is 0. The maximum absolute atomic E-state index is 15.2. The predicted octanol–water partition coefficient (Wildman–Crippen LogP) is 27.5. The Morgan fingerprint density at radius 2 is 0.542 bits per heavy atom. The zero-order valence-electron chi connectivity index (χ0n) is 58.4. The normalized spacial score (nSPS) is 14.6. The van der Waals surface area contributed by atoms with Crippen LogP contribution in [0.25, 0.3) is 101 Å². The number of halogens is 2. The van der Waals surface area contributed by atoms with Gasteiger partial charge in [-0.2, -0.15) is 0 Å². The van der Waals surface area contributed by atoms with E-state index < -0.39 is 10.8 Å². The van der Waals surface area contributed by atoms with Gasteiger partial charge >= 0.3 is 0 Å². The van der Waals surface area contributed by atoms with Crippen LogP contribution in [0.2, 0.25) is 0 Å². The summed E-state index contributed by atoms with van der Waals surface area (Å²) in [6.07, 6.45) is 3.74. The quantitative estimate of drug-likeness (QED) is 0.0961. The third kappa shape index (κ3) is 10.8. The number of rotatable bonds is 16. The molecule has 2 aliphatic rings. The van der Waals surface area contributed by atoms with Gasteiger partial charge in [0.2, 0.25) is 0 Å². The van der Waals surface area contributed by atoms with Gasteiger partial charge in [-0.3, -0.25) is 0 Å². The highest BCUT2D eigenvalue weighted by Gasteiger charge is 2.48. The van der Waals surface area contributed by atoms with Crippen LogP contribution in [0, 0.1) is 11.6 Å². The zero-order valence-corrected chi connectivity index (χ0v) is 58.4. The Morgan fingerprint density at radius 3 is 0.916 bits per heavy atom. The van der Waals surface area contributed by atoms with Gasteiger partial charge in [-0.25, -0.2) is 8.78 Å². The molecular weight excluding hydrogens is 1310 g/mol. The molecule has 0 bridgehead atoms. The van der Waals surface area contributed by atoms with Crippen molar-refractivity contribution in [2.45, 2.75) is 10.8 Å². The van der Waals surface area contributed by atoms with Gasteiger partial charge < -0.3 is 14.2 Å². The first kappa shape index (κ1) is 64.1. The highest BCUT2D eigenvalue weighted by molar-refractivity contribution is 6.08. The molecule has 2 unspecified atom stereocenters. The summed E-state index contributed by atoms with van der Waals surface area (Å²) >= 11 is 0. The monoisotopic (exact) mass is 1370 g/mol. The Labute approximate surface area is 621 Å². The van der Waals surface area contributed by atoms with Gasteiger partial charge in [0.05, 0.1) is 10.8 Å². The minimum atomic E-state index is -0.826. The Balaban J connectivity index is 0.777. The van der Waals surface area contributed by atoms with Crippen LogP contribution >= 0.6 is 0 Å². The summed E-state index contributed by atoms with van der Waals surface area (Å²) in [6, 6.07) is 132. The van der Waals surface area contributed by atoms with Crippen LogP contribution in [0.1, 0.15) is 55.6 Å². The highest BCUT2D eigenvalue weighted by Crippen LogP contribution is 2.60. The lowest BCUT2D eigenvalue weighted by Crippen LogP contribution is -2.29. The molecule has 0 spiro atoms. The van der Waals surface area contributed by atoms with Crippen LogP contribution < -0.4 is 9.80 Å². The van der Waals surface area contributed by atoms with Crippen molar-refractivity contribution in [1.29, 1.82) is 0 Å². The second kappa shape index (κ2) is 26.2. The van der Waals surface area contributed by atoms with E-state index in [-0.39, 0.29) is 11.6 Å². The summed E-state index contributed by atoms with van der Waals surface area (Å²) in [5, 5.41) is 1.95. The van der Waals surface area contributed by atoms with Crippen molar-refractivity contribution < 1.29 is 13.2 Å². The summed E-state index contributed by atoms with van der Waals surface area (Å²) in [4.78, 5) is 4.66. The molecule has 0 saturated heterocycles. The molecule has 2 atom stereocenters. The molecule has 0 aliphatic heterocycles. The minimum absolute atomic E-state index is 0.294. The molecule has 16 aromatic carbocycles. The van der Waals surface area contributed by atoms with E-state index in [1.807, 2.05) is 36.4 Å². The van der Waals surface area contributed by atoms with Crippen molar-refractivity contribution in [2.24, 2.45) is 0 Å². The lowest BCUT2D eigenvalue weighted by molar-refractivity contribution is 0.624. The lowest BCUT2D eigenvalue weighted by Gasteiger charge is -2.35. The van der Waals surface area contributed by atoms with Crippen LogP contribution in [-0.4, -0.2) is 0 Å². The molecule has 1 aromatic heterocycles. The van der Waals surface area contributed by atoms with Crippen molar-refractivity contribution in [3.8, 4) is 66.8 Å². The van der Waals surface area contributed by atoms with E-state index in [0.29, 0.717) is 0 Å². The van der Waals surface area contributed by atoms with Crippen molar-refractivity contribution in [1.82, 2.24) is 0 Å². The van der Waals surface area contributed by atoms with Gasteiger partial charge in [-0.15, -0.1) is 0 Å². The molecular formula is C102H68F2N2O.